The van der Waals surface area contributed by atoms with Gasteiger partial charge in [0.1, 0.15) is 5.75 Å². The minimum Gasteiger partial charge on any atom is -0.423 e. The standard InChI is InChI=1S/C30H24F2O6/c1-16(2)28(33)36-21-10-7-19(8-11-21)22-12-13-23(27(32)26(22)31)20-9-14-24(37-29(34)17(3)4)25(15-20)38-30(35)18(5)6/h7-15H,1,3,5H2,2,4,6H3. The predicted molar refractivity (Wildman–Crippen MR) is 139 cm³/mol. The van der Waals surface area contributed by atoms with Gasteiger partial charge in [-0.15, -0.1) is 0 Å². The van der Waals surface area contributed by atoms with Crippen LogP contribution in [-0.2, 0) is 14.4 Å². The summed E-state index contributed by atoms with van der Waals surface area (Å²) in [6.45, 7) is 14.9. The number of esters is 3. The van der Waals surface area contributed by atoms with E-state index < -0.39 is 29.5 Å². The maximum atomic E-state index is 15.2. The van der Waals surface area contributed by atoms with E-state index in [1.807, 2.05) is 0 Å². The Morgan fingerprint density at radius 2 is 1.00 bits per heavy atom. The molecule has 0 unspecified atom stereocenters. The Balaban J connectivity index is 1.98. The van der Waals surface area contributed by atoms with Crippen molar-refractivity contribution >= 4 is 17.9 Å². The van der Waals surface area contributed by atoms with E-state index >= 15 is 8.78 Å². The second-order valence-corrected chi connectivity index (χ2v) is 8.48. The Morgan fingerprint density at radius 1 is 0.579 bits per heavy atom. The number of benzene rings is 3. The van der Waals surface area contributed by atoms with Crippen molar-refractivity contribution in [3.63, 3.8) is 0 Å². The lowest BCUT2D eigenvalue weighted by Gasteiger charge is -2.14. The van der Waals surface area contributed by atoms with E-state index in [2.05, 4.69) is 19.7 Å². The van der Waals surface area contributed by atoms with Gasteiger partial charge in [0.05, 0.1) is 0 Å². The Kier molecular flexibility index (Phi) is 8.37. The molecule has 0 saturated carbocycles. The van der Waals surface area contributed by atoms with Gasteiger partial charge in [0.2, 0.25) is 0 Å². The molecule has 0 bridgehead atoms. The second kappa shape index (κ2) is 11.5. The Labute approximate surface area is 218 Å². The van der Waals surface area contributed by atoms with E-state index in [4.69, 9.17) is 14.2 Å². The first-order valence-corrected chi connectivity index (χ1v) is 11.2. The maximum Gasteiger partial charge on any atom is 0.338 e. The summed E-state index contributed by atoms with van der Waals surface area (Å²) in [4.78, 5) is 35.8. The van der Waals surface area contributed by atoms with Gasteiger partial charge in [0.15, 0.2) is 23.1 Å². The summed E-state index contributed by atoms with van der Waals surface area (Å²) in [5, 5.41) is 0. The van der Waals surface area contributed by atoms with Gasteiger partial charge in [-0.1, -0.05) is 50.1 Å². The third-order valence-corrected chi connectivity index (χ3v) is 5.16. The molecular formula is C30H24F2O6. The largest absolute Gasteiger partial charge is 0.423 e. The highest BCUT2D eigenvalue weighted by Gasteiger charge is 2.20. The molecule has 0 radical (unpaired) electrons. The van der Waals surface area contributed by atoms with Crippen molar-refractivity contribution in [2.24, 2.45) is 0 Å². The van der Waals surface area contributed by atoms with Gasteiger partial charge in [-0.25, -0.2) is 23.2 Å². The number of carbonyl (C=O) groups is 3. The molecule has 3 rings (SSSR count). The van der Waals surface area contributed by atoms with Gasteiger partial charge in [0.25, 0.3) is 0 Å². The van der Waals surface area contributed by atoms with E-state index in [-0.39, 0.29) is 50.7 Å². The quantitative estimate of drug-likeness (QED) is 0.187. The van der Waals surface area contributed by atoms with Gasteiger partial charge in [-0.2, -0.15) is 0 Å². The number of halogens is 2. The van der Waals surface area contributed by atoms with Gasteiger partial charge < -0.3 is 14.2 Å². The molecule has 6 nitrogen and oxygen atoms in total. The average Bonchev–Trinajstić information content (AvgIpc) is 2.87. The van der Waals surface area contributed by atoms with Gasteiger partial charge in [0, 0.05) is 27.8 Å². The zero-order valence-electron chi connectivity index (χ0n) is 21.0. The zero-order chi connectivity index (χ0) is 28.1. The van der Waals surface area contributed by atoms with Crippen LogP contribution in [0.3, 0.4) is 0 Å². The summed E-state index contributed by atoms with van der Waals surface area (Å²) >= 11 is 0. The van der Waals surface area contributed by atoms with Crippen molar-refractivity contribution in [3.8, 4) is 39.5 Å². The molecule has 0 amide bonds. The zero-order valence-corrected chi connectivity index (χ0v) is 21.0. The van der Waals surface area contributed by atoms with Crippen LogP contribution in [0.5, 0.6) is 17.2 Å². The van der Waals surface area contributed by atoms with Crippen molar-refractivity contribution in [1.82, 2.24) is 0 Å². The molecular weight excluding hydrogens is 494 g/mol. The lowest BCUT2D eigenvalue weighted by atomic mass is 9.98. The van der Waals surface area contributed by atoms with E-state index in [1.165, 1.54) is 75.4 Å². The minimum atomic E-state index is -1.15. The highest BCUT2D eigenvalue weighted by Crippen LogP contribution is 2.37. The lowest BCUT2D eigenvalue weighted by Crippen LogP contribution is -2.13. The molecule has 0 fully saturated rings. The first-order chi connectivity index (χ1) is 17.9. The molecule has 0 heterocycles. The molecule has 3 aromatic carbocycles. The molecule has 0 aromatic heterocycles. The molecule has 3 aromatic rings. The molecule has 38 heavy (non-hydrogen) atoms. The van der Waals surface area contributed by atoms with Crippen molar-refractivity contribution in [3.05, 3.63) is 103 Å². The summed E-state index contributed by atoms with van der Waals surface area (Å²) in [6.07, 6.45) is 0. The predicted octanol–water partition coefficient (Wildman–Crippen LogP) is 6.74. The fourth-order valence-electron chi connectivity index (χ4n) is 3.11. The lowest BCUT2D eigenvalue weighted by molar-refractivity contribution is -0.132. The van der Waals surface area contributed by atoms with Crippen molar-refractivity contribution < 1.29 is 37.4 Å². The highest BCUT2D eigenvalue weighted by molar-refractivity contribution is 5.91. The number of ether oxygens (including phenoxy) is 3. The first kappa shape index (κ1) is 27.7. The molecule has 194 valence electrons. The average molecular weight is 519 g/mol. The number of hydrogen-bond donors (Lipinski definition) is 0. The Bertz CT molecular complexity index is 1490. The normalized spacial score (nSPS) is 10.3. The number of rotatable bonds is 8. The highest BCUT2D eigenvalue weighted by atomic mass is 19.2. The summed E-state index contributed by atoms with van der Waals surface area (Å²) < 4.78 is 46.0. The van der Waals surface area contributed by atoms with Gasteiger partial charge >= 0.3 is 17.9 Å². The SMILES string of the molecule is C=C(C)C(=O)Oc1ccc(-c2ccc(-c3ccc(OC(=O)C(=C)C)c(OC(=O)C(=C)C)c3)c(F)c2F)cc1. The fourth-order valence-corrected chi connectivity index (χ4v) is 3.11. The molecule has 0 N–H and O–H groups in total. The smallest absolute Gasteiger partial charge is 0.338 e. The summed E-state index contributed by atoms with van der Waals surface area (Å²) in [5.41, 5.74) is 0.772. The maximum absolute atomic E-state index is 15.2. The monoisotopic (exact) mass is 518 g/mol. The Morgan fingerprint density at radius 3 is 1.50 bits per heavy atom. The minimum absolute atomic E-state index is 0.0232. The van der Waals surface area contributed by atoms with E-state index in [9.17, 15) is 14.4 Å². The Hall–Kier alpha value is -4.85. The van der Waals surface area contributed by atoms with E-state index in [0.29, 0.717) is 5.56 Å². The summed E-state index contributed by atoms with van der Waals surface area (Å²) in [6, 6.07) is 12.6. The van der Waals surface area contributed by atoms with Crippen molar-refractivity contribution in [2.45, 2.75) is 20.8 Å². The summed E-state index contributed by atoms with van der Waals surface area (Å²) in [7, 11) is 0. The molecule has 8 heteroatoms. The van der Waals surface area contributed by atoms with Crippen molar-refractivity contribution in [2.75, 3.05) is 0 Å². The van der Waals surface area contributed by atoms with Crippen LogP contribution >= 0.6 is 0 Å². The molecule has 0 saturated heterocycles. The van der Waals surface area contributed by atoms with Gasteiger partial charge in [-0.05, 0) is 56.2 Å². The molecule has 0 aliphatic carbocycles. The van der Waals surface area contributed by atoms with Crippen LogP contribution in [-0.4, -0.2) is 17.9 Å². The third-order valence-electron chi connectivity index (χ3n) is 5.16. The number of hydrogen-bond acceptors (Lipinski definition) is 6. The topological polar surface area (TPSA) is 78.9 Å². The fraction of sp³-hybridized carbons (Fsp3) is 0.100. The van der Waals surface area contributed by atoms with Crippen LogP contribution in [0, 0.1) is 11.6 Å². The summed E-state index contributed by atoms with van der Waals surface area (Å²) in [5.74, 6) is -4.50. The van der Waals surface area contributed by atoms with Crippen LogP contribution < -0.4 is 14.2 Å². The molecule has 0 aliphatic heterocycles. The number of carbonyl (C=O) groups excluding carboxylic acids is 3. The van der Waals surface area contributed by atoms with Crippen molar-refractivity contribution in [1.29, 1.82) is 0 Å². The molecule has 0 aliphatic rings. The second-order valence-electron chi connectivity index (χ2n) is 8.48. The molecule has 0 atom stereocenters. The van der Waals surface area contributed by atoms with Crippen LogP contribution in [0.2, 0.25) is 0 Å². The van der Waals surface area contributed by atoms with E-state index in [1.54, 1.807) is 0 Å². The van der Waals surface area contributed by atoms with Crippen LogP contribution in [0.4, 0.5) is 8.78 Å². The van der Waals surface area contributed by atoms with E-state index in [0.717, 1.165) is 0 Å². The first-order valence-electron chi connectivity index (χ1n) is 11.2. The third kappa shape index (κ3) is 6.28. The van der Waals surface area contributed by atoms with Crippen LogP contribution in [0.1, 0.15) is 20.8 Å². The van der Waals surface area contributed by atoms with Crippen LogP contribution in [0.25, 0.3) is 22.3 Å². The molecule has 0 spiro atoms. The van der Waals surface area contributed by atoms with Crippen LogP contribution in [0.15, 0.2) is 91.1 Å². The van der Waals surface area contributed by atoms with Gasteiger partial charge in [-0.3, -0.25) is 0 Å².